The molecular weight excluding hydrogens is 584 g/mol. The number of aliphatic hydroxyl groups is 1. The third-order valence-corrected chi connectivity index (χ3v) is 14.8. The Bertz CT molecular complexity index is 1600. The summed E-state index contributed by atoms with van der Waals surface area (Å²) in [7, 11) is 0. The molecule has 250 valence electrons. The van der Waals surface area contributed by atoms with E-state index in [0.717, 1.165) is 81.0 Å². The Balaban J connectivity index is 0.878. The van der Waals surface area contributed by atoms with Crippen molar-refractivity contribution in [1.82, 2.24) is 19.7 Å². The van der Waals surface area contributed by atoms with Gasteiger partial charge in [-0.3, -0.25) is 14.5 Å². The van der Waals surface area contributed by atoms with Crippen molar-refractivity contribution in [3.05, 3.63) is 42.1 Å². The minimum Gasteiger partial charge on any atom is -0.377 e. The van der Waals surface area contributed by atoms with Crippen LogP contribution in [0.3, 0.4) is 0 Å². The van der Waals surface area contributed by atoms with Gasteiger partial charge in [-0.25, -0.2) is 4.98 Å². The maximum atomic E-state index is 13.8. The fraction of sp³-hybridized carbons (Fsp3) is 0.675. The van der Waals surface area contributed by atoms with Gasteiger partial charge in [0.25, 0.3) is 5.91 Å². The second-order valence-electron chi connectivity index (χ2n) is 16.5. The fourth-order valence-corrected chi connectivity index (χ4v) is 11.9. The quantitative estimate of drug-likeness (QED) is 0.434. The maximum absolute atomic E-state index is 13.8. The molecule has 6 fully saturated rings. The highest BCUT2D eigenvalue weighted by Gasteiger charge is 2.64. The minimum atomic E-state index is -0.929. The summed E-state index contributed by atoms with van der Waals surface area (Å²) in [6.45, 7) is 8.83. The van der Waals surface area contributed by atoms with Gasteiger partial charge in [0.05, 0.1) is 5.52 Å². The van der Waals surface area contributed by atoms with Crippen molar-refractivity contribution in [2.24, 2.45) is 34.5 Å². The van der Waals surface area contributed by atoms with E-state index in [9.17, 15) is 14.7 Å². The molecule has 0 unspecified atom stereocenters. The molecule has 2 aliphatic heterocycles. The first-order chi connectivity index (χ1) is 22.6. The first-order valence-electron chi connectivity index (χ1n) is 18.5. The molecule has 8 rings (SSSR count). The van der Waals surface area contributed by atoms with Crippen molar-refractivity contribution in [3.8, 4) is 12.3 Å². The lowest BCUT2D eigenvalue weighted by Crippen LogP contribution is -2.59. The monoisotopic (exact) mass is 636 g/mol. The van der Waals surface area contributed by atoms with E-state index >= 15 is 0 Å². The normalized spacial score (nSPS) is 40.4. The number of benzene rings is 1. The van der Waals surface area contributed by atoms with Crippen LogP contribution in [-0.2, 0) is 4.79 Å². The Kier molecular flexibility index (Phi) is 7.72. The molecule has 7 heteroatoms. The van der Waals surface area contributed by atoms with E-state index in [4.69, 9.17) is 6.42 Å². The maximum Gasteiger partial charge on any atom is 0.273 e. The minimum absolute atomic E-state index is 0.110. The molecule has 9 atom stereocenters. The van der Waals surface area contributed by atoms with Crippen LogP contribution in [0.15, 0.2) is 36.4 Å². The molecule has 2 saturated heterocycles. The number of piperazine rings is 1. The van der Waals surface area contributed by atoms with Crippen molar-refractivity contribution in [2.45, 2.75) is 102 Å². The number of likely N-dealkylation sites (tertiary alicyclic amines) is 1. The van der Waals surface area contributed by atoms with Crippen LogP contribution in [0.5, 0.6) is 0 Å². The Labute approximate surface area is 280 Å². The molecule has 4 aliphatic carbocycles. The number of terminal acetylenes is 1. The fourth-order valence-electron chi connectivity index (χ4n) is 11.9. The number of fused-ring (bicyclic) bond motifs is 6. The van der Waals surface area contributed by atoms with Gasteiger partial charge >= 0.3 is 0 Å². The molecule has 2 aromatic rings. The number of para-hydroxylation sites is 1. The molecule has 0 spiro atoms. The zero-order valence-electron chi connectivity index (χ0n) is 28.4. The topological polar surface area (TPSA) is 77.0 Å². The van der Waals surface area contributed by atoms with Crippen molar-refractivity contribution in [3.63, 3.8) is 0 Å². The second kappa shape index (κ2) is 11.6. The number of hydrogen-bond donors (Lipinski definition) is 1. The Morgan fingerprint density at radius 2 is 1.68 bits per heavy atom. The van der Waals surface area contributed by atoms with E-state index in [1.807, 2.05) is 35.2 Å². The molecular formula is C40H52N4O3. The lowest BCUT2D eigenvalue weighted by molar-refractivity contribution is -0.144. The van der Waals surface area contributed by atoms with Crippen LogP contribution in [-0.4, -0.2) is 87.0 Å². The van der Waals surface area contributed by atoms with Gasteiger partial charge in [0, 0.05) is 49.6 Å². The largest absolute Gasteiger partial charge is 0.377 e. The van der Waals surface area contributed by atoms with E-state index in [0.29, 0.717) is 35.5 Å². The average molecular weight is 637 g/mol. The molecule has 4 saturated carbocycles. The molecule has 0 bridgehead atoms. The lowest BCUT2D eigenvalue weighted by atomic mass is 9.44. The van der Waals surface area contributed by atoms with E-state index in [1.165, 1.54) is 38.5 Å². The molecule has 6 aliphatic rings. The zero-order chi connectivity index (χ0) is 32.6. The number of amides is 2. The van der Waals surface area contributed by atoms with Gasteiger partial charge in [-0.05, 0) is 112 Å². The van der Waals surface area contributed by atoms with Crippen LogP contribution in [0.1, 0.15) is 95.0 Å². The van der Waals surface area contributed by atoms with Crippen LogP contribution in [0, 0.1) is 46.8 Å². The summed E-state index contributed by atoms with van der Waals surface area (Å²) in [5.41, 5.74) is 0.554. The highest BCUT2D eigenvalue weighted by atomic mass is 16.3. The standard InChI is InChI=1S/C40H52N4O3/c1-4-40(47)20-17-32-30-13-12-28-26-29(15-18-38(28,2)31(30)16-19-39(32,40)3)42-22-24-43(25-23-42)37(46)35-10-7-21-44(35)36(45)34-14-11-27-8-5-6-9-33(27)41-34/h1,5-6,8-9,11,14,28-32,35,47H,7,10,12-13,15-26H2,2-3H3/t28-,29-,30+,31-,32-,35-,38-,39-,40+/m0/s1. The first-order valence-corrected chi connectivity index (χ1v) is 18.5. The highest BCUT2D eigenvalue weighted by Crippen LogP contribution is 2.68. The number of carbonyl (C=O) groups excluding carboxylic acids is 2. The molecule has 2 amide bonds. The van der Waals surface area contributed by atoms with E-state index < -0.39 is 5.60 Å². The zero-order valence-corrected chi connectivity index (χ0v) is 28.4. The molecule has 47 heavy (non-hydrogen) atoms. The predicted octanol–water partition coefficient (Wildman–Crippen LogP) is 5.76. The molecule has 1 N–H and O–H groups in total. The van der Waals surface area contributed by atoms with Crippen LogP contribution in [0.25, 0.3) is 10.9 Å². The first kappa shape index (κ1) is 31.3. The average Bonchev–Trinajstić information content (AvgIpc) is 3.70. The molecule has 3 heterocycles. The van der Waals surface area contributed by atoms with Gasteiger partial charge in [0.15, 0.2) is 0 Å². The second-order valence-corrected chi connectivity index (χ2v) is 16.5. The number of nitrogens with zero attached hydrogens (tertiary/aromatic N) is 4. The highest BCUT2D eigenvalue weighted by molar-refractivity contribution is 5.98. The summed E-state index contributed by atoms with van der Waals surface area (Å²) in [5.74, 6) is 5.56. The molecule has 1 aromatic carbocycles. The summed E-state index contributed by atoms with van der Waals surface area (Å²) >= 11 is 0. The SMILES string of the molecule is C#C[C@@]1(O)CC[C@H]2[C@@H]3CC[C@H]4C[C@@H](N5CCN(C(=O)[C@@H]6CCCN6C(=O)c6ccc7ccccc7n6)CC5)CC[C@]4(C)[C@H]3CC[C@@]21C. The number of carbonyl (C=O) groups is 2. The Hall–Kier alpha value is -2.95. The van der Waals surface area contributed by atoms with Crippen molar-refractivity contribution < 1.29 is 14.7 Å². The third kappa shape index (κ3) is 4.87. The van der Waals surface area contributed by atoms with Crippen LogP contribution < -0.4 is 0 Å². The van der Waals surface area contributed by atoms with Crippen molar-refractivity contribution in [1.29, 1.82) is 0 Å². The van der Waals surface area contributed by atoms with E-state index in [2.05, 4.69) is 29.7 Å². The number of rotatable bonds is 3. The molecule has 1 aromatic heterocycles. The third-order valence-electron chi connectivity index (χ3n) is 14.8. The van der Waals surface area contributed by atoms with Gasteiger partial charge in [0.1, 0.15) is 17.3 Å². The number of aromatic nitrogens is 1. The van der Waals surface area contributed by atoms with Gasteiger partial charge in [0.2, 0.25) is 5.91 Å². The summed E-state index contributed by atoms with van der Waals surface area (Å²) in [4.78, 5) is 38.5. The van der Waals surface area contributed by atoms with Crippen LogP contribution >= 0.6 is 0 Å². The summed E-state index contributed by atoms with van der Waals surface area (Å²) in [6.07, 6.45) is 18.0. The van der Waals surface area contributed by atoms with E-state index in [1.54, 1.807) is 11.0 Å². The smallest absolute Gasteiger partial charge is 0.273 e. The lowest BCUT2D eigenvalue weighted by Gasteiger charge is -2.62. The predicted molar refractivity (Wildman–Crippen MR) is 183 cm³/mol. The number of pyridine rings is 1. The summed E-state index contributed by atoms with van der Waals surface area (Å²) < 4.78 is 0. The molecule has 7 nitrogen and oxygen atoms in total. The van der Waals surface area contributed by atoms with Gasteiger partial charge in [-0.2, -0.15) is 0 Å². The summed E-state index contributed by atoms with van der Waals surface area (Å²) in [6, 6.07) is 11.8. The number of hydrogen-bond acceptors (Lipinski definition) is 5. The van der Waals surface area contributed by atoms with E-state index in [-0.39, 0.29) is 23.3 Å². The van der Waals surface area contributed by atoms with Gasteiger partial charge in [-0.15, -0.1) is 6.42 Å². The van der Waals surface area contributed by atoms with Crippen molar-refractivity contribution >= 4 is 22.7 Å². The molecule has 0 radical (unpaired) electrons. The summed E-state index contributed by atoms with van der Waals surface area (Å²) in [5, 5.41) is 12.4. The van der Waals surface area contributed by atoms with Crippen LogP contribution in [0.2, 0.25) is 0 Å². The Morgan fingerprint density at radius 1 is 0.894 bits per heavy atom. The van der Waals surface area contributed by atoms with Crippen LogP contribution in [0.4, 0.5) is 0 Å². The van der Waals surface area contributed by atoms with Gasteiger partial charge in [-0.1, -0.05) is 44.0 Å². The van der Waals surface area contributed by atoms with Gasteiger partial charge < -0.3 is 14.9 Å². The Morgan fingerprint density at radius 3 is 2.49 bits per heavy atom. The van der Waals surface area contributed by atoms with Crippen molar-refractivity contribution in [2.75, 3.05) is 32.7 Å².